The maximum absolute atomic E-state index is 11.7. The van der Waals surface area contributed by atoms with Crippen LogP contribution in [0.2, 0.25) is 0 Å². The van der Waals surface area contributed by atoms with Crippen LogP contribution in [0.1, 0.15) is 32.6 Å². The van der Waals surface area contributed by atoms with Crippen molar-refractivity contribution in [1.29, 1.82) is 0 Å². The molecule has 0 unspecified atom stereocenters. The topological polar surface area (TPSA) is 43.4 Å². The van der Waals surface area contributed by atoms with Gasteiger partial charge < -0.3 is 4.74 Å². The van der Waals surface area contributed by atoms with Crippen LogP contribution in [0.25, 0.3) is 0 Å². The Morgan fingerprint density at radius 3 is 2.38 bits per heavy atom. The molecule has 0 aromatic heterocycles. The molecule has 0 saturated heterocycles. The Morgan fingerprint density at radius 2 is 2.00 bits per heavy atom. The van der Waals surface area contributed by atoms with Crippen LogP contribution in [-0.2, 0) is 14.3 Å². The first-order valence-corrected chi connectivity index (χ1v) is 4.92. The number of carbonyl (C=O) groups is 2. The molecule has 0 bridgehead atoms. The first-order chi connectivity index (χ1) is 6.20. The fraction of sp³-hybridized carbons (Fsp3) is 0.800. The Kier molecular flexibility index (Phi) is 1.90. The van der Waals surface area contributed by atoms with Crippen LogP contribution >= 0.6 is 0 Å². The van der Waals surface area contributed by atoms with E-state index in [1.807, 2.05) is 0 Å². The van der Waals surface area contributed by atoms with Crippen LogP contribution in [0, 0.1) is 11.3 Å². The van der Waals surface area contributed by atoms with E-state index in [4.69, 9.17) is 4.74 Å². The molecule has 0 aromatic rings. The largest absolute Gasteiger partial charge is 0.465 e. The second kappa shape index (κ2) is 2.82. The first kappa shape index (κ1) is 8.73. The number of carbonyl (C=O) groups excluding carboxylic acids is 2. The molecule has 13 heavy (non-hydrogen) atoms. The third-order valence-corrected chi connectivity index (χ3v) is 2.84. The lowest BCUT2D eigenvalue weighted by atomic mass is 9.97. The summed E-state index contributed by atoms with van der Waals surface area (Å²) in [4.78, 5) is 23.2. The minimum atomic E-state index is -0.697. The van der Waals surface area contributed by atoms with Crippen LogP contribution < -0.4 is 0 Å². The Labute approximate surface area is 77.4 Å². The Morgan fingerprint density at radius 1 is 1.38 bits per heavy atom. The molecule has 2 rings (SSSR count). The molecule has 2 aliphatic rings. The number of hydrogen-bond acceptors (Lipinski definition) is 3. The highest BCUT2D eigenvalue weighted by atomic mass is 16.5. The van der Waals surface area contributed by atoms with E-state index < -0.39 is 5.41 Å². The van der Waals surface area contributed by atoms with Crippen LogP contribution in [0.4, 0.5) is 0 Å². The molecule has 0 N–H and O–H groups in total. The fourth-order valence-corrected chi connectivity index (χ4v) is 1.68. The first-order valence-electron chi connectivity index (χ1n) is 4.92. The highest BCUT2D eigenvalue weighted by Gasteiger charge is 2.60. The van der Waals surface area contributed by atoms with E-state index in [1.165, 1.54) is 0 Å². The summed E-state index contributed by atoms with van der Waals surface area (Å²) >= 11 is 0. The zero-order chi connectivity index (χ0) is 9.47. The van der Waals surface area contributed by atoms with Crippen molar-refractivity contribution in [2.75, 3.05) is 6.61 Å². The molecule has 3 heteroatoms. The van der Waals surface area contributed by atoms with Crippen molar-refractivity contribution in [3.8, 4) is 0 Å². The normalized spacial score (nSPS) is 23.8. The number of ether oxygens (including phenoxy) is 1. The lowest BCUT2D eigenvalue weighted by molar-refractivity contribution is -0.153. The summed E-state index contributed by atoms with van der Waals surface area (Å²) in [5, 5.41) is 0. The Bertz CT molecular complexity index is 249. The molecule has 0 amide bonds. The van der Waals surface area contributed by atoms with E-state index in [0.29, 0.717) is 19.4 Å². The zero-order valence-electron chi connectivity index (χ0n) is 7.84. The molecule has 0 aromatic carbocycles. The number of ketones is 1. The van der Waals surface area contributed by atoms with E-state index in [9.17, 15) is 9.59 Å². The molecular weight excluding hydrogens is 168 g/mol. The van der Waals surface area contributed by atoms with Crippen molar-refractivity contribution in [1.82, 2.24) is 0 Å². The molecule has 72 valence electrons. The van der Waals surface area contributed by atoms with Crippen molar-refractivity contribution < 1.29 is 14.3 Å². The standard InChI is InChI=1S/C10H14O3/c1-2-13-9(12)10(5-6-10)8(11)7-3-4-7/h7H,2-6H2,1H3. The van der Waals surface area contributed by atoms with Gasteiger partial charge in [0.25, 0.3) is 0 Å². The molecule has 3 nitrogen and oxygen atoms in total. The van der Waals surface area contributed by atoms with Gasteiger partial charge in [0.15, 0.2) is 5.78 Å². The van der Waals surface area contributed by atoms with Crippen LogP contribution in [-0.4, -0.2) is 18.4 Å². The number of rotatable bonds is 4. The maximum atomic E-state index is 11.7. The van der Waals surface area contributed by atoms with Gasteiger partial charge in [-0.2, -0.15) is 0 Å². The number of hydrogen-bond donors (Lipinski definition) is 0. The second-order valence-electron chi connectivity index (χ2n) is 3.94. The van der Waals surface area contributed by atoms with Gasteiger partial charge in [0, 0.05) is 5.92 Å². The second-order valence-corrected chi connectivity index (χ2v) is 3.94. The SMILES string of the molecule is CCOC(=O)C1(C(=O)C2CC2)CC1. The van der Waals surface area contributed by atoms with E-state index in [-0.39, 0.29) is 17.7 Å². The lowest BCUT2D eigenvalue weighted by Crippen LogP contribution is -2.29. The smallest absolute Gasteiger partial charge is 0.319 e. The van der Waals surface area contributed by atoms with Crippen molar-refractivity contribution in [2.24, 2.45) is 11.3 Å². The van der Waals surface area contributed by atoms with Crippen LogP contribution in [0.5, 0.6) is 0 Å². The van der Waals surface area contributed by atoms with Gasteiger partial charge in [-0.15, -0.1) is 0 Å². The molecule has 0 aliphatic heterocycles. The number of Topliss-reactive ketones (excluding diaryl/α,β-unsaturated/α-hetero) is 1. The molecule has 0 spiro atoms. The van der Waals surface area contributed by atoms with Crippen molar-refractivity contribution in [2.45, 2.75) is 32.6 Å². The van der Waals surface area contributed by atoms with Gasteiger partial charge in [0.05, 0.1) is 6.61 Å². The predicted molar refractivity (Wildman–Crippen MR) is 46.0 cm³/mol. The summed E-state index contributed by atoms with van der Waals surface area (Å²) in [6, 6.07) is 0. The maximum Gasteiger partial charge on any atom is 0.319 e. The minimum absolute atomic E-state index is 0.144. The number of esters is 1. The summed E-state index contributed by atoms with van der Waals surface area (Å²) < 4.78 is 4.91. The molecule has 0 radical (unpaired) electrons. The molecular formula is C10H14O3. The minimum Gasteiger partial charge on any atom is -0.465 e. The third-order valence-electron chi connectivity index (χ3n) is 2.84. The van der Waals surface area contributed by atoms with Gasteiger partial charge in [0.1, 0.15) is 5.41 Å². The molecule has 0 heterocycles. The zero-order valence-corrected chi connectivity index (χ0v) is 7.84. The third kappa shape index (κ3) is 1.36. The van der Waals surface area contributed by atoms with Gasteiger partial charge in [-0.1, -0.05) is 0 Å². The average Bonchev–Trinajstić information content (AvgIpc) is 2.99. The Balaban J connectivity index is 2.02. The lowest BCUT2D eigenvalue weighted by Gasteiger charge is -2.11. The van der Waals surface area contributed by atoms with E-state index in [2.05, 4.69) is 0 Å². The van der Waals surface area contributed by atoms with Crippen LogP contribution in [0.3, 0.4) is 0 Å². The van der Waals surface area contributed by atoms with Gasteiger partial charge in [-0.3, -0.25) is 9.59 Å². The highest BCUT2D eigenvalue weighted by Crippen LogP contribution is 2.52. The van der Waals surface area contributed by atoms with Gasteiger partial charge in [-0.25, -0.2) is 0 Å². The molecule has 2 aliphatic carbocycles. The monoisotopic (exact) mass is 182 g/mol. The fourth-order valence-electron chi connectivity index (χ4n) is 1.68. The average molecular weight is 182 g/mol. The quantitative estimate of drug-likeness (QED) is 0.486. The highest BCUT2D eigenvalue weighted by molar-refractivity contribution is 6.08. The van der Waals surface area contributed by atoms with Crippen molar-refractivity contribution >= 4 is 11.8 Å². The van der Waals surface area contributed by atoms with Crippen LogP contribution in [0.15, 0.2) is 0 Å². The van der Waals surface area contributed by atoms with Gasteiger partial charge >= 0.3 is 5.97 Å². The summed E-state index contributed by atoms with van der Waals surface area (Å²) in [6.45, 7) is 2.15. The molecule has 0 atom stereocenters. The molecule has 2 saturated carbocycles. The van der Waals surface area contributed by atoms with E-state index in [1.54, 1.807) is 6.92 Å². The van der Waals surface area contributed by atoms with Gasteiger partial charge in [-0.05, 0) is 32.6 Å². The van der Waals surface area contributed by atoms with Crippen molar-refractivity contribution in [3.05, 3.63) is 0 Å². The van der Waals surface area contributed by atoms with E-state index in [0.717, 1.165) is 12.8 Å². The van der Waals surface area contributed by atoms with E-state index >= 15 is 0 Å². The Hall–Kier alpha value is -0.860. The van der Waals surface area contributed by atoms with Crippen molar-refractivity contribution in [3.63, 3.8) is 0 Å². The predicted octanol–water partition coefficient (Wildman–Crippen LogP) is 1.31. The molecule has 2 fully saturated rings. The summed E-state index contributed by atoms with van der Waals surface area (Å²) in [7, 11) is 0. The summed E-state index contributed by atoms with van der Waals surface area (Å²) in [5.41, 5.74) is -0.697. The summed E-state index contributed by atoms with van der Waals surface area (Å²) in [6.07, 6.45) is 3.36. The van der Waals surface area contributed by atoms with Gasteiger partial charge in [0.2, 0.25) is 0 Å². The summed E-state index contributed by atoms with van der Waals surface area (Å²) in [5.74, 6) is 0.0322.